The van der Waals surface area contributed by atoms with Crippen LogP contribution in [0.2, 0.25) is 0 Å². The van der Waals surface area contributed by atoms with Crippen LogP contribution in [0, 0.1) is 0 Å². The summed E-state index contributed by atoms with van der Waals surface area (Å²) in [7, 11) is 0.414. The van der Waals surface area contributed by atoms with Crippen LogP contribution in [0.1, 0.15) is 6.42 Å². The summed E-state index contributed by atoms with van der Waals surface area (Å²) in [6.07, 6.45) is 6.70. The third kappa shape index (κ3) is 0.467. The summed E-state index contributed by atoms with van der Waals surface area (Å²) in [6, 6.07) is 0. The largest absolute Gasteiger partial charge is 0.128 e. The van der Waals surface area contributed by atoms with E-state index in [1.807, 2.05) is 0 Å². The Balaban J connectivity index is 2.45. The molecule has 0 aromatic rings. The SMILES string of the molecule is C1=C2CC[P+](=C1)C2. The first-order valence-electron chi connectivity index (χ1n) is 2.72. The van der Waals surface area contributed by atoms with E-state index in [1.165, 1.54) is 18.7 Å². The van der Waals surface area contributed by atoms with E-state index in [9.17, 15) is 0 Å². The minimum absolute atomic E-state index is 0.414. The van der Waals surface area contributed by atoms with E-state index >= 15 is 0 Å². The minimum atomic E-state index is 0.414. The molecular weight excluding hydrogens is 103 g/mol. The zero-order valence-corrected chi connectivity index (χ0v) is 5.12. The van der Waals surface area contributed by atoms with Crippen LogP contribution in [-0.2, 0) is 0 Å². The third-order valence-corrected chi connectivity index (χ3v) is 3.83. The van der Waals surface area contributed by atoms with Crippen molar-refractivity contribution in [2.24, 2.45) is 0 Å². The lowest BCUT2D eigenvalue weighted by molar-refractivity contribution is 1.17. The van der Waals surface area contributed by atoms with E-state index in [0.717, 1.165) is 0 Å². The number of fused-ring (bicyclic) bond motifs is 2. The average molecular weight is 111 g/mol. The monoisotopic (exact) mass is 111 g/mol. The van der Waals surface area contributed by atoms with Crippen molar-refractivity contribution in [2.75, 3.05) is 12.3 Å². The smallest absolute Gasteiger partial charge is 0.0185 e. The van der Waals surface area contributed by atoms with Crippen molar-refractivity contribution in [3.63, 3.8) is 0 Å². The average Bonchev–Trinajstić information content (AvgIpc) is 2.22. The Labute approximate surface area is 44.6 Å². The first kappa shape index (κ1) is 3.86. The standard InChI is InChI=1S/C6H8P/c1-3-7-4-2-6(1)5-7/h1,3H,2,4-5H2/q+1. The molecule has 0 aliphatic carbocycles. The number of hydrogen-bond donors (Lipinski definition) is 0. The summed E-state index contributed by atoms with van der Waals surface area (Å²) in [5.41, 5.74) is 1.71. The fourth-order valence-electron chi connectivity index (χ4n) is 1.18. The molecular formula is C6H8P+. The van der Waals surface area contributed by atoms with Gasteiger partial charge in [-0.3, -0.25) is 0 Å². The van der Waals surface area contributed by atoms with Gasteiger partial charge in [-0.2, -0.15) is 0 Å². The van der Waals surface area contributed by atoms with Gasteiger partial charge < -0.3 is 0 Å². The summed E-state index contributed by atoms with van der Waals surface area (Å²) >= 11 is 0. The van der Waals surface area contributed by atoms with Gasteiger partial charge >= 0.3 is 0 Å². The maximum atomic E-state index is 2.41. The van der Waals surface area contributed by atoms with Gasteiger partial charge in [0, 0.05) is 6.42 Å². The maximum absolute atomic E-state index is 2.41. The van der Waals surface area contributed by atoms with Crippen molar-refractivity contribution >= 4 is 13.3 Å². The van der Waals surface area contributed by atoms with E-state index in [1.54, 1.807) is 5.57 Å². The Morgan fingerprint density at radius 2 is 2.57 bits per heavy atom. The Kier molecular flexibility index (Phi) is 0.660. The quantitative estimate of drug-likeness (QED) is 0.416. The Hall–Kier alpha value is -0.0900. The second-order valence-corrected chi connectivity index (χ2v) is 4.43. The Bertz CT molecular complexity index is 136. The van der Waals surface area contributed by atoms with Gasteiger partial charge in [0.25, 0.3) is 0 Å². The van der Waals surface area contributed by atoms with Crippen molar-refractivity contribution in [2.45, 2.75) is 6.42 Å². The van der Waals surface area contributed by atoms with Crippen molar-refractivity contribution in [3.05, 3.63) is 11.6 Å². The van der Waals surface area contributed by atoms with Crippen molar-refractivity contribution < 1.29 is 0 Å². The zero-order valence-electron chi connectivity index (χ0n) is 4.22. The number of hydrogen-bond acceptors (Lipinski definition) is 0. The van der Waals surface area contributed by atoms with Gasteiger partial charge in [-0.1, -0.05) is 0 Å². The van der Waals surface area contributed by atoms with E-state index in [2.05, 4.69) is 11.9 Å². The molecule has 1 saturated heterocycles. The van der Waals surface area contributed by atoms with Crippen LogP contribution < -0.4 is 0 Å². The predicted molar refractivity (Wildman–Crippen MR) is 35.4 cm³/mol. The first-order chi connectivity index (χ1) is 3.45. The summed E-state index contributed by atoms with van der Waals surface area (Å²) in [5.74, 6) is 2.41. The molecule has 0 aromatic heterocycles. The molecule has 7 heavy (non-hydrogen) atoms. The highest BCUT2D eigenvalue weighted by Crippen LogP contribution is 2.40. The van der Waals surface area contributed by atoms with E-state index in [-0.39, 0.29) is 0 Å². The van der Waals surface area contributed by atoms with Gasteiger partial charge in [0.2, 0.25) is 0 Å². The topological polar surface area (TPSA) is 0 Å². The molecule has 2 rings (SSSR count). The van der Waals surface area contributed by atoms with Crippen LogP contribution in [0.15, 0.2) is 11.6 Å². The molecule has 2 aliphatic heterocycles. The lowest BCUT2D eigenvalue weighted by Crippen LogP contribution is -1.75. The van der Waals surface area contributed by atoms with E-state index in [0.29, 0.717) is 7.55 Å². The highest BCUT2D eigenvalue weighted by Gasteiger charge is 2.25. The highest BCUT2D eigenvalue weighted by molar-refractivity contribution is 7.58. The van der Waals surface area contributed by atoms with E-state index in [4.69, 9.17) is 0 Å². The molecule has 0 saturated carbocycles. The summed E-state index contributed by atoms with van der Waals surface area (Å²) < 4.78 is 0. The minimum Gasteiger partial charge on any atom is -0.0185 e. The molecule has 0 nitrogen and oxygen atoms in total. The van der Waals surface area contributed by atoms with Crippen LogP contribution in [0.3, 0.4) is 0 Å². The second-order valence-electron chi connectivity index (χ2n) is 2.19. The number of rotatable bonds is 0. The summed E-state index contributed by atoms with van der Waals surface area (Å²) in [4.78, 5) is 0. The van der Waals surface area contributed by atoms with Gasteiger partial charge in [0.05, 0.1) is 7.55 Å². The van der Waals surface area contributed by atoms with Crippen molar-refractivity contribution in [1.82, 2.24) is 0 Å². The Morgan fingerprint density at radius 3 is 2.71 bits per heavy atom. The van der Waals surface area contributed by atoms with Crippen LogP contribution >= 0.6 is 7.55 Å². The fraction of sp³-hybridized carbons (Fsp3) is 0.500. The molecule has 0 N–H and O–H groups in total. The molecule has 1 heteroatoms. The molecule has 2 bridgehead atoms. The van der Waals surface area contributed by atoms with Crippen LogP contribution in [0.4, 0.5) is 0 Å². The number of allylic oxidation sites excluding steroid dienone is 2. The van der Waals surface area contributed by atoms with Crippen molar-refractivity contribution in [3.8, 4) is 0 Å². The third-order valence-electron chi connectivity index (χ3n) is 1.65. The summed E-state index contributed by atoms with van der Waals surface area (Å²) in [5, 5.41) is 0. The molecule has 0 spiro atoms. The lowest BCUT2D eigenvalue weighted by atomic mass is 10.2. The van der Waals surface area contributed by atoms with Gasteiger partial charge in [-0.25, -0.2) is 0 Å². The summed E-state index contributed by atoms with van der Waals surface area (Å²) in [6.45, 7) is 0. The van der Waals surface area contributed by atoms with Gasteiger partial charge in [-0.15, -0.1) is 0 Å². The molecule has 1 atom stereocenters. The van der Waals surface area contributed by atoms with Crippen LogP contribution in [0.25, 0.3) is 0 Å². The lowest BCUT2D eigenvalue weighted by Gasteiger charge is -1.78. The molecule has 1 unspecified atom stereocenters. The molecule has 0 amide bonds. The van der Waals surface area contributed by atoms with Crippen molar-refractivity contribution in [1.29, 1.82) is 0 Å². The van der Waals surface area contributed by atoms with Crippen LogP contribution in [-0.4, -0.2) is 18.1 Å². The first-order valence-corrected chi connectivity index (χ1v) is 4.50. The van der Waals surface area contributed by atoms with E-state index < -0.39 is 0 Å². The normalized spacial score (nSPS) is 30.3. The Morgan fingerprint density at radius 1 is 1.57 bits per heavy atom. The predicted octanol–water partition coefficient (Wildman–Crippen LogP) is 1.61. The van der Waals surface area contributed by atoms with Gasteiger partial charge in [0.15, 0.2) is 0 Å². The maximum Gasteiger partial charge on any atom is 0.128 e. The zero-order chi connectivity index (χ0) is 4.69. The van der Waals surface area contributed by atoms with Gasteiger partial charge in [-0.05, 0) is 11.6 Å². The molecule has 0 aromatic carbocycles. The second kappa shape index (κ2) is 1.20. The molecule has 0 radical (unpaired) electrons. The highest BCUT2D eigenvalue weighted by atomic mass is 31.1. The van der Waals surface area contributed by atoms with Crippen LogP contribution in [0.5, 0.6) is 0 Å². The fourth-order valence-corrected chi connectivity index (χ4v) is 3.37. The molecule has 1 fully saturated rings. The van der Waals surface area contributed by atoms with Gasteiger partial charge in [0.1, 0.15) is 18.1 Å². The molecule has 2 aliphatic rings. The molecule has 36 valence electrons. The molecule has 2 heterocycles.